The van der Waals surface area contributed by atoms with Gasteiger partial charge in [-0.1, -0.05) is 30.3 Å². The fraction of sp³-hybridized carbons (Fsp3) is 0.588. The van der Waals surface area contributed by atoms with E-state index >= 15 is 0 Å². The van der Waals surface area contributed by atoms with Crippen molar-refractivity contribution in [3.63, 3.8) is 0 Å². The highest BCUT2D eigenvalue weighted by Crippen LogP contribution is 2.30. The molecule has 108 valence electrons. The number of ether oxygens (including phenoxy) is 1. The maximum atomic E-state index is 12.2. The SMILES string of the molecule is O=C(CCc1ccccc1)N1CCC(OCC2CC2)C1. The molecule has 1 saturated heterocycles. The summed E-state index contributed by atoms with van der Waals surface area (Å²) >= 11 is 0. The molecule has 0 radical (unpaired) electrons. The second-order valence-corrected chi connectivity index (χ2v) is 6.01. The lowest BCUT2D eigenvalue weighted by molar-refractivity contribution is -0.130. The Bertz CT molecular complexity index is 442. The van der Waals surface area contributed by atoms with Gasteiger partial charge >= 0.3 is 0 Å². The van der Waals surface area contributed by atoms with Crippen molar-refractivity contribution in [3.8, 4) is 0 Å². The molecule has 1 aromatic rings. The molecule has 1 aromatic carbocycles. The van der Waals surface area contributed by atoms with Crippen LogP contribution in [-0.4, -0.2) is 36.6 Å². The van der Waals surface area contributed by atoms with Crippen molar-refractivity contribution in [1.82, 2.24) is 4.90 Å². The van der Waals surface area contributed by atoms with E-state index in [0.29, 0.717) is 6.42 Å². The molecule has 20 heavy (non-hydrogen) atoms. The summed E-state index contributed by atoms with van der Waals surface area (Å²) in [4.78, 5) is 14.2. The number of benzene rings is 1. The zero-order valence-electron chi connectivity index (χ0n) is 12.0. The van der Waals surface area contributed by atoms with Gasteiger partial charge < -0.3 is 9.64 Å². The number of likely N-dealkylation sites (tertiary alicyclic amines) is 1. The Hall–Kier alpha value is -1.35. The van der Waals surface area contributed by atoms with Crippen LogP contribution in [-0.2, 0) is 16.0 Å². The predicted molar refractivity (Wildman–Crippen MR) is 78.4 cm³/mol. The van der Waals surface area contributed by atoms with Gasteiger partial charge in [0.1, 0.15) is 0 Å². The van der Waals surface area contributed by atoms with Gasteiger partial charge in [0.2, 0.25) is 5.91 Å². The summed E-state index contributed by atoms with van der Waals surface area (Å²) in [5.41, 5.74) is 1.24. The first kappa shape index (κ1) is 13.6. The summed E-state index contributed by atoms with van der Waals surface area (Å²) in [5, 5.41) is 0. The Balaban J connectivity index is 1.39. The lowest BCUT2D eigenvalue weighted by atomic mass is 10.1. The van der Waals surface area contributed by atoms with Crippen molar-refractivity contribution >= 4 is 5.91 Å². The van der Waals surface area contributed by atoms with Crippen LogP contribution in [0.25, 0.3) is 0 Å². The van der Waals surface area contributed by atoms with Crippen LogP contribution in [0.4, 0.5) is 0 Å². The number of carbonyl (C=O) groups is 1. The average Bonchev–Trinajstić information content (AvgIpc) is 3.20. The van der Waals surface area contributed by atoms with Crippen molar-refractivity contribution in [2.24, 2.45) is 5.92 Å². The minimum Gasteiger partial charge on any atom is -0.376 e. The van der Waals surface area contributed by atoms with E-state index in [1.807, 2.05) is 23.1 Å². The standard InChI is InChI=1S/C17H23NO2/c19-17(9-8-14-4-2-1-3-5-14)18-11-10-16(12-18)20-13-15-6-7-15/h1-5,15-16H,6-13H2. The lowest BCUT2D eigenvalue weighted by Crippen LogP contribution is -2.30. The summed E-state index contributed by atoms with van der Waals surface area (Å²) in [5.74, 6) is 1.07. The highest BCUT2D eigenvalue weighted by molar-refractivity contribution is 5.76. The highest BCUT2D eigenvalue weighted by atomic mass is 16.5. The second kappa shape index (κ2) is 6.40. The third-order valence-corrected chi connectivity index (χ3v) is 4.23. The first-order valence-electron chi connectivity index (χ1n) is 7.74. The Kier molecular flexibility index (Phi) is 4.36. The van der Waals surface area contributed by atoms with Gasteiger partial charge in [-0.25, -0.2) is 0 Å². The minimum absolute atomic E-state index is 0.270. The normalized spacial score (nSPS) is 22.2. The van der Waals surface area contributed by atoms with Gasteiger partial charge in [0.15, 0.2) is 0 Å². The second-order valence-electron chi connectivity index (χ2n) is 6.01. The van der Waals surface area contributed by atoms with Crippen molar-refractivity contribution in [2.75, 3.05) is 19.7 Å². The molecule has 2 fully saturated rings. The molecule has 3 heteroatoms. The van der Waals surface area contributed by atoms with E-state index in [0.717, 1.165) is 38.5 Å². The number of nitrogens with zero attached hydrogens (tertiary/aromatic N) is 1. The van der Waals surface area contributed by atoms with Crippen LogP contribution >= 0.6 is 0 Å². The summed E-state index contributed by atoms with van der Waals surface area (Å²) in [6, 6.07) is 10.2. The van der Waals surface area contributed by atoms with E-state index in [1.165, 1.54) is 18.4 Å². The fourth-order valence-electron chi connectivity index (χ4n) is 2.70. The van der Waals surface area contributed by atoms with Gasteiger partial charge in [-0.05, 0) is 37.2 Å². The first-order valence-corrected chi connectivity index (χ1v) is 7.74. The van der Waals surface area contributed by atoms with Crippen molar-refractivity contribution in [2.45, 2.75) is 38.2 Å². The molecule has 0 spiro atoms. The topological polar surface area (TPSA) is 29.5 Å². The van der Waals surface area contributed by atoms with E-state index in [-0.39, 0.29) is 12.0 Å². The molecule has 1 aliphatic heterocycles. The minimum atomic E-state index is 0.270. The molecule has 0 aromatic heterocycles. The predicted octanol–water partition coefficient (Wildman–Crippen LogP) is 2.65. The molecule has 0 bridgehead atoms. The molecule has 1 heterocycles. The number of aryl methyl sites for hydroxylation is 1. The van der Waals surface area contributed by atoms with Crippen LogP contribution in [0, 0.1) is 5.92 Å². The Labute approximate surface area is 120 Å². The Morgan fingerprint density at radius 3 is 2.75 bits per heavy atom. The van der Waals surface area contributed by atoms with Crippen molar-refractivity contribution in [3.05, 3.63) is 35.9 Å². The summed E-state index contributed by atoms with van der Waals surface area (Å²) < 4.78 is 5.88. The number of rotatable bonds is 6. The monoisotopic (exact) mass is 273 g/mol. The van der Waals surface area contributed by atoms with Crippen LogP contribution < -0.4 is 0 Å². The largest absolute Gasteiger partial charge is 0.376 e. The molecule has 3 nitrogen and oxygen atoms in total. The quantitative estimate of drug-likeness (QED) is 0.797. The van der Waals surface area contributed by atoms with E-state index in [9.17, 15) is 4.79 Å². The lowest BCUT2D eigenvalue weighted by Gasteiger charge is -2.16. The summed E-state index contributed by atoms with van der Waals surface area (Å²) in [7, 11) is 0. The van der Waals surface area contributed by atoms with Gasteiger partial charge in [0.05, 0.1) is 6.10 Å². The summed E-state index contributed by atoms with van der Waals surface area (Å²) in [6.07, 6.45) is 5.38. The molecule has 1 aliphatic carbocycles. The van der Waals surface area contributed by atoms with Crippen LogP contribution in [0.2, 0.25) is 0 Å². The van der Waals surface area contributed by atoms with E-state index in [4.69, 9.17) is 4.74 Å². The van der Waals surface area contributed by atoms with Crippen LogP contribution in [0.15, 0.2) is 30.3 Å². The zero-order chi connectivity index (χ0) is 13.8. The van der Waals surface area contributed by atoms with Gasteiger partial charge in [-0.15, -0.1) is 0 Å². The highest BCUT2D eigenvalue weighted by Gasteiger charge is 2.29. The molecule has 1 saturated carbocycles. The van der Waals surface area contributed by atoms with Crippen LogP contribution in [0.3, 0.4) is 0 Å². The molecule has 1 unspecified atom stereocenters. The zero-order valence-corrected chi connectivity index (χ0v) is 12.0. The smallest absolute Gasteiger partial charge is 0.222 e. The van der Waals surface area contributed by atoms with Gasteiger partial charge in [0.25, 0.3) is 0 Å². The Morgan fingerprint density at radius 2 is 2.00 bits per heavy atom. The third kappa shape index (κ3) is 3.83. The maximum absolute atomic E-state index is 12.2. The van der Waals surface area contributed by atoms with Crippen molar-refractivity contribution in [1.29, 1.82) is 0 Å². The van der Waals surface area contributed by atoms with Crippen LogP contribution in [0.5, 0.6) is 0 Å². The van der Waals surface area contributed by atoms with E-state index < -0.39 is 0 Å². The van der Waals surface area contributed by atoms with Crippen molar-refractivity contribution < 1.29 is 9.53 Å². The number of hydrogen-bond donors (Lipinski definition) is 0. The van der Waals surface area contributed by atoms with E-state index in [2.05, 4.69) is 12.1 Å². The van der Waals surface area contributed by atoms with Gasteiger partial charge in [-0.2, -0.15) is 0 Å². The molecule has 3 rings (SSSR count). The van der Waals surface area contributed by atoms with Crippen LogP contribution in [0.1, 0.15) is 31.2 Å². The molecule has 0 N–H and O–H groups in total. The molecular formula is C17H23NO2. The molecule has 2 aliphatic rings. The Morgan fingerprint density at radius 1 is 1.20 bits per heavy atom. The molecular weight excluding hydrogens is 250 g/mol. The maximum Gasteiger partial charge on any atom is 0.222 e. The van der Waals surface area contributed by atoms with E-state index in [1.54, 1.807) is 0 Å². The first-order chi connectivity index (χ1) is 9.81. The third-order valence-electron chi connectivity index (χ3n) is 4.23. The molecule has 1 amide bonds. The fourth-order valence-corrected chi connectivity index (χ4v) is 2.70. The molecule has 1 atom stereocenters. The number of amides is 1. The number of hydrogen-bond acceptors (Lipinski definition) is 2. The average molecular weight is 273 g/mol. The number of carbonyl (C=O) groups excluding carboxylic acids is 1. The van der Waals surface area contributed by atoms with Gasteiger partial charge in [0, 0.05) is 26.1 Å². The van der Waals surface area contributed by atoms with Gasteiger partial charge in [-0.3, -0.25) is 4.79 Å². The summed E-state index contributed by atoms with van der Waals surface area (Å²) in [6.45, 7) is 2.56.